The third-order valence-electron chi connectivity index (χ3n) is 3.58. The normalized spacial score (nSPS) is 14.3. The first-order valence-corrected chi connectivity index (χ1v) is 7.11. The van der Waals surface area contributed by atoms with E-state index in [1.165, 1.54) is 0 Å². The molecule has 5 heteroatoms. The fraction of sp³-hybridized carbons (Fsp3) is 0.235. The van der Waals surface area contributed by atoms with Crippen LogP contribution in [0, 0.1) is 6.92 Å². The fourth-order valence-electron chi connectivity index (χ4n) is 2.25. The number of benzene rings is 1. The first kappa shape index (κ1) is 14.3. The van der Waals surface area contributed by atoms with Gasteiger partial charge in [-0.05, 0) is 31.2 Å². The SMILES string of the molecule is Cc1ccc(C(=O)N2CC(OC(=O)c3ccccn3)C2)cc1. The summed E-state index contributed by atoms with van der Waals surface area (Å²) in [5.74, 6) is -0.488. The molecule has 0 spiro atoms. The predicted molar refractivity (Wildman–Crippen MR) is 80.5 cm³/mol. The molecule has 1 aromatic carbocycles. The molecule has 22 heavy (non-hydrogen) atoms. The van der Waals surface area contributed by atoms with Crippen LogP contribution in [0.5, 0.6) is 0 Å². The highest BCUT2D eigenvalue weighted by Crippen LogP contribution is 2.17. The van der Waals surface area contributed by atoms with Crippen LogP contribution in [0.1, 0.15) is 26.4 Å². The van der Waals surface area contributed by atoms with Crippen LogP contribution in [0.3, 0.4) is 0 Å². The Bertz CT molecular complexity index is 677. The number of amides is 1. The van der Waals surface area contributed by atoms with Gasteiger partial charge in [-0.1, -0.05) is 23.8 Å². The zero-order valence-corrected chi connectivity index (χ0v) is 12.2. The maximum atomic E-state index is 12.2. The van der Waals surface area contributed by atoms with Gasteiger partial charge in [0.15, 0.2) is 0 Å². The van der Waals surface area contributed by atoms with Crippen molar-refractivity contribution in [1.29, 1.82) is 0 Å². The predicted octanol–water partition coefficient (Wildman–Crippen LogP) is 2.07. The Morgan fingerprint density at radius 1 is 1.14 bits per heavy atom. The zero-order chi connectivity index (χ0) is 15.5. The second-order valence-corrected chi connectivity index (χ2v) is 5.32. The summed E-state index contributed by atoms with van der Waals surface area (Å²) in [6.45, 7) is 2.82. The van der Waals surface area contributed by atoms with Crippen LogP contribution in [0.25, 0.3) is 0 Å². The van der Waals surface area contributed by atoms with E-state index in [0.717, 1.165) is 5.56 Å². The molecule has 2 aromatic rings. The smallest absolute Gasteiger partial charge is 0.357 e. The lowest BCUT2D eigenvalue weighted by Gasteiger charge is -2.38. The zero-order valence-electron chi connectivity index (χ0n) is 12.2. The van der Waals surface area contributed by atoms with Crippen molar-refractivity contribution in [1.82, 2.24) is 9.88 Å². The van der Waals surface area contributed by atoms with Crippen LogP contribution in [0.15, 0.2) is 48.7 Å². The molecule has 0 aliphatic carbocycles. The molecular weight excluding hydrogens is 280 g/mol. The molecule has 0 bridgehead atoms. The Hall–Kier alpha value is -2.69. The number of nitrogens with zero attached hydrogens (tertiary/aromatic N) is 2. The number of hydrogen-bond donors (Lipinski definition) is 0. The summed E-state index contributed by atoms with van der Waals surface area (Å²) in [5.41, 5.74) is 2.05. The molecule has 2 heterocycles. The van der Waals surface area contributed by atoms with E-state index in [-0.39, 0.29) is 17.7 Å². The Balaban J connectivity index is 1.53. The first-order chi connectivity index (χ1) is 10.6. The number of aryl methyl sites for hydroxylation is 1. The average molecular weight is 296 g/mol. The van der Waals surface area contributed by atoms with Gasteiger partial charge in [-0.3, -0.25) is 4.79 Å². The highest BCUT2D eigenvalue weighted by molar-refractivity contribution is 5.95. The maximum absolute atomic E-state index is 12.2. The minimum atomic E-state index is -0.451. The van der Waals surface area contributed by atoms with Crippen molar-refractivity contribution < 1.29 is 14.3 Å². The van der Waals surface area contributed by atoms with Gasteiger partial charge in [0.25, 0.3) is 5.91 Å². The number of rotatable bonds is 3. The minimum Gasteiger partial charge on any atom is -0.454 e. The highest BCUT2D eigenvalue weighted by atomic mass is 16.5. The van der Waals surface area contributed by atoms with Gasteiger partial charge < -0.3 is 9.64 Å². The van der Waals surface area contributed by atoms with Crippen LogP contribution in [-0.2, 0) is 4.74 Å². The molecule has 0 N–H and O–H groups in total. The molecule has 1 aromatic heterocycles. The summed E-state index contributed by atoms with van der Waals surface area (Å²) >= 11 is 0. The topological polar surface area (TPSA) is 59.5 Å². The molecule has 1 aliphatic rings. The van der Waals surface area contributed by atoms with Crippen molar-refractivity contribution in [3.63, 3.8) is 0 Å². The molecule has 0 unspecified atom stereocenters. The van der Waals surface area contributed by atoms with Crippen molar-refractivity contribution in [2.24, 2.45) is 0 Å². The number of hydrogen-bond acceptors (Lipinski definition) is 4. The third-order valence-corrected chi connectivity index (χ3v) is 3.58. The average Bonchev–Trinajstić information content (AvgIpc) is 2.51. The molecular formula is C17H16N2O3. The lowest BCUT2D eigenvalue weighted by atomic mass is 10.1. The van der Waals surface area contributed by atoms with Gasteiger partial charge in [0.1, 0.15) is 11.8 Å². The van der Waals surface area contributed by atoms with Crippen LogP contribution < -0.4 is 0 Å². The van der Waals surface area contributed by atoms with E-state index >= 15 is 0 Å². The second-order valence-electron chi connectivity index (χ2n) is 5.32. The van der Waals surface area contributed by atoms with E-state index in [0.29, 0.717) is 18.7 Å². The van der Waals surface area contributed by atoms with Crippen LogP contribution >= 0.6 is 0 Å². The van der Waals surface area contributed by atoms with Gasteiger partial charge in [-0.2, -0.15) is 0 Å². The summed E-state index contributed by atoms with van der Waals surface area (Å²) in [4.78, 5) is 29.7. The standard InChI is InChI=1S/C17H16N2O3/c1-12-5-7-13(8-6-12)16(20)19-10-14(11-19)22-17(21)15-4-2-3-9-18-15/h2-9,14H,10-11H2,1H3. The van der Waals surface area contributed by atoms with Gasteiger partial charge in [0.05, 0.1) is 13.1 Å². The maximum Gasteiger partial charge on any atom is 0.357 e. The quantitative estimate of drug-likeness (QED) is 0.814. The molecule has 112 valence electrons. The minimum absolute atomic E-state index is 0.0369. The summed E-state index contributed by atoms with van der Waals surface area (Å²) in [6, 6.07) is 12.5. The Kier molecular flexibility index (Phi) is 3.87. The first-order valence-electron chi connectivity index (χ1n) is 7.11. The number of aromatic nitrogens is 1. The number of pyridine rings is 1. The van der Waals surface area contributed by atoms with Gasteiger partial charge in [-0.15, -0.1) is 0 Å². The number of carbonyl (C=O) groups excluding carboxylic acids is 2. The number of likely N-dealkylation sites (tertiary alicyclic amines) is 1. The largest absolute Gasteiger partial charge is 0.454 e. The lowest BCUT2D eigenvalue weighted by Crippen LogP contribution is -2.55. The molecule has 5 nitrogen and oxygen atoms in total. The molecule has 0 atom stereocenters. The fourth-order valence-corrected chi connectivity index (χ4v) is 2.25. The van der Waals surface area contributed by atoms with Gasteiger partial charge in [0.2, 0.25) is 0 Å². The van der Waals surface area contributed by atoms with E-state index in [4.69, 9.17) is 4.74 Å². The van der Waals surface area contributed by atoms with Crippen molar-refractivity contribution in [2.75, 3.05) is 13.1 Å². The number of ether oxygens (including phenoxy) is 1. The van der Waals surface area contributed by atoms with Crippen LogP contribution in [0.4, 0.5) is 0 Å². The third kappa shape index (κ3) is 2.98. The molecule has 1 amide bonds. The molecule has 1 fully saturated rings. The Labute approximate surface area is 128 Å². The van der Waals surface area contributed by atoms with Crippen molar-refractivity contribution in [3.05, 3.63) is 65.5 Å². The molecule has 0 radical (unpaired) electrons. The molecule has 0 saturated carbocycles. The van der Waals surface area contributed by atoms with E-state index in [2.05, 4.69) is 4.98 Å². The summed E-state index contributed by atoms with van der Waals surface area (Å²) in [5, 5.41) is 0. The summed E-state index contributed by atoms with van der Waals surface area (Å²) in [7, 11) is 0. The van der Waals surface area contributed by atoms with Crippen molar-refractivity contribution in [3.8, 4) is 0 Å². The van der Waals surface area contributed by atoms with E-state index in [1.807, 2.05) is 31.2 Å². The lowest BCUT2D eigenvalue weighted by molar-refractivity contribution is -0.0238. The Morgan fingerprint density at radius 2 is 1.86 bits per heavy atom. The van der Waals surface area contributed by atoms with Crippen LogP contribution in [0.2, 0.25) is 0 Å². The van der Waals surface area contributed by atoms with Crippen LogP contribution in [-0.4, -0.2) is 41.0 Å². The number of esters is 1. The van der Waals surface area contributed by atoms with Gasteiger partial charge >= 0.3 is 5.97 Å². The number of carbonyl (C=O) groups is 2. The molecule has 1 saturated heterocycles. The Morgan fingerprint density at radius 3 is 2.50 bits per heavy atom. The summed E-state index contributed by atoms with van der Waals surface area (Å²) < 4.78 is 5.31. The van der Waals surface area contributed by atoms with Gasteiger partial charge in [0, 0.05) is 11.8 Å². The second kappa shape index (κ2) is 5.97. The highest BCUT2D eigenvalue weighted by Gasteiger charge is 2.34. The van der Waals surface area contributed by atoms with E-state index < -0.39 is 5.97 Å². The monoisotopic (exact) mass is 296 g/mol. The molecule has 3 rings (SSSR count). The van der Waals surface area contributed by atoms with Gasteiger partial charge in [-0.25, -0.2) is 9.78 Å². The molecule has 1 aliphatic heterocycles. The van der Waals surface area contributed by atoms with Crippen molar-refractivity contribution >= 4 is 11.9 Å². The van der Waals surface area contributed by atoms with Crippen molar-refractivity contribution in [2.45, 2.75) is 13.0 Å². The summed E-state index contributed by atoms with van der Waals surface area (Å²) in [6.07, 6.45) is 1.29. The van der Waals surface area contributed by atoms with E-state index in [1.54, 1.807) is 29.3 Å². The van der Waals surface area contributed by atoms with E-state index in [9.17, 15) is 9.59 Å².